The van der Waals surface area contributed by atoms with Crippen molar-refractivity contribution in [3.8, 4) is 0 Å². The second-order valence-corrected chi connectivity index (χ2v) is 6.98. The lowest BCUT2D eigenvalue weighted by molar-refractivity contribution is 0.0696. The highest BCUT2D eigenvalue weighted by Gasteiger charge is 2.28. The van der Waals surface area contributed by atoms with E-state index in [9.17, 15) is 9.59 Å². The maximum atomic E-state index is 12.6. The summed E-state index contributed by atoms with van der Waals surface area (Å²) >= 11 is 0. The SMILES string of the molecule is CC(C)c1cc(C(=O)N2CCC(Cc3cccc(C(=O)O)c3)C2)n[nH]1. The number of aromatic carboxylic acids is 1. The smallest absolute Gasteiger partial charge is 0.335 e. The number of carboxylic acids is 1. The Morgan fingerprint density at radius 1 is 1.36 bits per heavy atom. The second kappa shape index (κ2) is 7.09. The van der Waals surface area contributed by atoms with Crippen molar-refractivity contribution in [1.82, 2.24) is 15.1 Å². The molecular weight excluding hydrogens is 318 g/mol. The van der Waals surface area contributed by atoms with Gasteiger partial charge in [-0.15, -0.1) is 0 Å². The minimum Gasteiger partial charge on any atom is -0.478 e. The summed E-state index contributed by atoms with van der Waals surface area (Å²) in [6, 6.07) is 8.86. The molecule has 0 radical (unpaired) electrons. The minimum absolute atomic E-state index is 0.0371. The van der Waals surface area contributed by atoms with Gasteiger partial charge in [0.15, 0.2) is 0 Å². The Labute approximate surface area is 146 Å². The standard InChI is InChI=1S/C19H23N3O3/c1-12(2)16-10-17(21-20-16)18(23)22-7-6-14(11-22)8-13-4-3-5-15(9-13)19(24)25/h3-5,9-10,12,14H,6-8,11H2,1-2H3,(H,20,21)(H,24,25). The first kappa shape index (κ1) is 17.2. The zero-order chi connectivity index (χ0) is 18.0. The van der Waals surface area contributed by atoms with E-state index in [4.69, 9.17) is 5.11 Å². The van der Waals surface area contributed by atoms with Gasteiger partial charge in [0.1, 0.15) is 5.69 Å². The highest BCUT2D eigenvalue weighted by atomic mass is 16.4. The fraction of sp³-hybridized carbons (Fsp3) is 0.421. The lowest BCUT2D eigenvalue weighted by atomic mass is 9.97. The lowest BCUT2D eigenvalue weighted by Gasteiger charge is -2.15. The summed E-state index contributed by atoms with van der Waals surface area (Å²) in [5.41, 5.74) is 2.74. The number of aromatic nitrogens is 2. The van der Waals surface area contributed by atoms with E-state index in [1.54, 1.807) is 18.2 Å². The highest BCUT2D eigenvalue weighted by Crippen LogP contribution is 2.23. The Morgan fingerprint density at radius 2 is 2.16 bits per heavy atom. The fourth-order valence-corrected chi connectivity index (χ4v) is 3.25. The Bertz CT molecular complexity index is 782. The zero-order valence-corrected chi connectivity index (χ0v) is 14.5. The number of aromatic amines is 1. The number of carbonyl (C=O) groups is 2. The summed E-state index contributed by atoms with van der Waals surface area (Å²) in [6.45, 7) is 5.50. The summed E-state index contributed by atoms with van der Waals surface area (Å²) < 4.78 is 0. The molecule has 2 N–H and O–H groups in total. The molecule has 1 aromatic carbocycles. The van der Waals surface area contributed by atoms with Crippen LogP contribution >= 0.6 is 0 Å². The van der Waals surface area contributed by atoms with Crippen LogP contribution < -0.4 is 0 Å². The van der Waals surface area contributed by atoms with E-state index in [-0.39, 0.29) is 5.91 Å². The van der Waals surface area contributed by atoms with Crippen molar-refractivity contribution in [2.75, 3.05) is 13.1 Å². The van der Waals surface area contributed by atoms with E-state index in [0.29, 0.717) is 36.2 Å². The average molecular weight is 341 g/mol. The molecule has 1 unspecified atom stereocenters. The monoisotopic (exact) mass is 341 g/mol. The minimum atomic E-state index is -0.912. The third-order valence-electron chi connectivity index (χ3n) is 4.71. The molecule has 0 spiro atoms. The quantitative estimate of drug-likeness (QED) is 0.875. The fourth-order valence-electron chi connectivity index (χ4n) is 3.25. The first-order valence-electron chi connectivity index (χ1n) is 8.61. The van der Waals surface area contributed by atoms with E-state index < -0.39 is 5.97 Å². The Morgan fingerprint density at radius 3 is 2.84 bits per heavy atom. The second-order valence-electron chi connectivity index (χ2n) is 6.98. The third-order valence-corrected chi connectivity index (χ3v) is 4.71. The summed E-state index contributed by atoms with van der Waals surface area (Å²) in [4.78, 5) is 25.5. The number of H-pyrrole nitrogens is 1. The van der Waals surface area contributed by atoms with Crippen molar-refractivity contribution in [2.45, 2.75) is 32.6 Å². The molecular formula is C19H23N3O3. The number of amides is 1. The molecule has 25 heavy (non-hydrogen) atoms. The van der Waals surface area contributed by atoms with Crippen LogP contribution in [0.15, 0.2) is 30.3 Å². The number of rotatable bonds is 5. The van der Waals surface area contributed by atoms with Crippen molar-refractivity contribution in [3.05, 3.63) is 52.8 Å². The largest absolute Gasteiger partial charge is 0.478 e. The first-order valence-corrected chi connectivity index (χ1v) is 8.61. The summed E-state index contributed by atoms with van der Waals surface area (Å²) in [7, 11) is 0. The summed E-state index contributed by atoms with van der Waals surface area (Å²) in [5, 5.41) is 16.2. The molecule has 0 aliphatic carbocycles. The van der Waals surface area contributed by atoms with Crippen LogP contribution in [0.3, 0.4) is 0 Å². The Hall–Kier alpha value is -2.63. The molecule has 6 heteroatoms. The molecule has 1 amide bonds. The summed E-state index contributed by atoms with van der Waals surface area (Å²) in [5.74, 6) is -0.298. The number of hydrogen-bond acceptors (Lipinski definition) is 3. The Kier molecular flexibility index (Phi) is 4.88. The zero-order valence-electron chi connectivity index (χ0n) is 14.5. The van der Waals surface area contributed by atoms with Crippen molar-refractivity contribution in [1.29, 1.82) is 0 Å². The normalized spacial score (nSPS) is 17.2. The molecule has 1 atom stereocenters. The highest BCUT2D eigenvalue weighted by molar-refractivity contribution is 5.92. The van der Waals surface area contributed by atoms with Gasteiger partial charge >= 0.3 is 5.97 Å². The van der Waals surface area contributed by atoms with Gasteiger partial charge in [0.05, 0.1) is 5.56 Å². The number of hydrogen-bond donors (Lipinski definition) is 2. The topological polar surface area (TPSA) is 86.3 Å². The molecule has 6 nitrogen and oxygen atoms in total. The van der Waals surface area contributed by atoms with Crippen LogP contribution in [0.25, 0.3) is 0 Å². The molecule has 132 valence electrons. The number of benzene rings is 1. The van der Waals surface area contributed by atoms with Crippen molar-refractivity contribution in [3.63, 3.8) is 0 Å². The van der Waals surface area contributed by atoms with Gasteiger partial charge in [0.25, 0.3) is 5.91 Å². The predicted molar refractivity (Wildman–Crippen MR) is 93.8 cm³/mol. The van der Waals surface area contributed by atoms with Gasteiger partial charge in [-0.3, -0.25) is 9.89 Å². The predicted octanol–water partition coefficient (Wildman–Crippen LogP) is 2.94. The molecule has 1 fully saturated rings. The van der Waals surface area contributed by atoms with Crippen LogP contribution in [0.1, 0.15) is 58.3 Å². The van der Waals surface area contributed by atoms with Gasteiger partial charge in [0, 0.05) is 18.8 Å². The number of likely N-dealkylation sites (tertiary alicyclic amines) is 1. The van der Waals surface area contributed by atoms with Gasteiger partial charge in [-0.05, 0) is 48.4 Å². The van der Waals surface area contributed by atoms with Crippen LogP contribution in [0.2, 0.25) is 0 Å². The molecule has 1 aromatic heterocycles. The van der Waals surface area contributed by atoms with Crippen LogP contribution in [-0.4, -0.2) is 45.2 Å². The molecule has 2 heterocycles. The van der Waals surface area contributed by atoms with Crippen molar-refractivity contribution >= 4 is 11.9 Å². The molecule has 0 bridgehead atoms. The number of carbonyl (C=O) groups excluding carboxylic acids is 1. The van der Waals surface area contributed by atoms with Crippen LogP contribution in [0, 0.1) is 5.92 Å². The molecule has 1 aliphatic rings. The third kappa shape index (κ3) is 3.90. The lowest BCUT2D eigenvalue weighted by Crippen LogP contribution is -2.29. The van der Waals surface area contributed by atoms with E-state index >= 15 is 0 Å². The maximum absolute atomic E-state index is 12.6. The maximum Gasteiger partial charge on any atom is 0.335 e. The van der Waals surface area contributed by atoms with Gasteiger partial charge in [-0.2, -0.15) is 5.10 Å². The number of nitrogens with one attached hydrogen (secondary N) is 1. The van der Waals surface area contributed by atoms with Gasteiger partial charge < -0.3 is 10.0 Å². The number of nitrogens with zero attached hydrogens (tertiary/aromatic N) is 2. The molecule has 1 saturated heterocycles. The van der Waals surface area contributed by atoms with E-state index in [1.165, 1.54) is 0 Å². The van der Waals surface area contributed by atoms with E-state index in [1.807, 2.05) is 17.0 Å². The molecule has 1 aliphatic heterocycles. The van der Waals surface area contributed by atoms with Crippen LogP contribution in [0.5, 0.6) is 0 Å². The Balaban J connectivity index is 1.62. The van der Waals surface area contributed by atoms with E-state index in [2.05, 4.69) is 24.0 Å². The van der Waals surface area contributed by atoms with Gasteiger partial charge in [-0.1, -0.05) is 26.0 Å². The van der Waals surface area contributed by atoms with E-state index in [0.717, 1.165) is 24.1 Å². The summed E-state index contributed by atoms with van der Waals surface area (Å²) in [6.07, 6.45) is 1.70. The van der Waals surface area contributed by atoms with Gasteiger partial charge in [-0.25, -0.2) is 4.79 Å². The van der Waals surface area contributed by atoms with Gasteiger partial charge in [0.2, 0.25) is 0 Å². The molecule has 2 aromatic rings. The number of carboxylic acid groups (broad SMARTS) is 1. The van der Waals surface area contributed by atoms with Crippen LogP contribution in [-0.2, 0) is 6.42 Å². The first-order chi connectivity index (χ1) is 11.9. The average Bonchev–Trinajstić information content (AvgIpc) is 3.24. The molecule has 0 saturated carbocycles. The van der Waals surface area contributed by atoms with Crippen molar-refractivity contribution < 1.29 is 14.7 Å². The molecule has 3 rings (SSSR count). The van der Waals surface area contributed by atoms with Crippen molar-refractivity contribution in [2.24, 2.45) is 5.92 Å². The van der Waals surface area contributed by atoms with Crippen LogP contribution in [0.4, 0.5) is 0 Å².